The minimum absolute atomic E-state index is 0.298. The Kier molecular flexibility index (Phi) is 5.11. The molecule has 2 heterocycles. The number of benzene rings is 2. The summed E-state index contributed by atoms with van der Waals surface area (Å²) in [7, 11) is 2.98. The van der Waals surface area contributed by atoms with Crippen LogP contribution in [-0.2, 0) is 6.42 Å². The molecule has 1 amide bonds. The molecule has 0 unspecified atom stereocenters. The highest BCUT2D eigenvalue weighted by Crippen LogP contribution is 2.36. The molecule has 0 aliphatic carbocycles. The molecule has 3 aromatic rings. The number of hydrogen-bond donors (Lipinski definition) is 1. The van der Waals surface area contributed by atoms with Crippen LogP contribution in [0.4, 0.5) is 5.13 Å². The Morgan fingerprint density at radius 2 is 2.11 bits per heavy atom. The van der Waals surface area contributed by atoms with E-state index in [4.69, 9.17) is 25.8 Å². The van der Waals surface area contributed by atoms with Crippen molar-refractivity contribution in [3.63, 3.8) is 0 Å². The van der Waals surface area contributed by atoms with Crippen LogP contribution in [0.1, 0.15) is 15.9 Å². The maximum absolute atomic E-state index is 12.6. The number of thiazole rings is 1. The number of nitrogens with zero attached hydrogens (tertiary/aromatic N) is 1. The molecule has 0 saturated heterocycles. The van der Waals surface area contributed by atoms with E-state index in [1.807, 2.05) is 17.5 Å². The lowest BCUT2D eigenvalue weighted by molar-refractivity contribution is 0.102. The topological polar surface area (TPSA) is 69.7 Å². The standard InChI is InChI=1S/C20H17ClN2O4S/c1-25-17-9-13(8-14(21)18(17)26-2)19(24)23-20-22-15(10-28-20)11-3-4-16-12(7-11)5-6-27-16/h3-4,7-10H,5-6H2,1-2H3,(H,22,23,24). The fourth-order valence-corrected chi connectivity index (χ4v) is 4.03. The van der Waals surface area contributed by atoms with E-state index in [2.05, 4.69) is 16.4 Å². The molecule has 144 valence electrons. The quantitative estimate of drug-likeness (QED) is 0.654. The Hall–Kier alpha value is -2.77. The van der Waals surface area contributed by atoms with Crippen LogP contribution in [0.5, 0.6) is 17.2 Å². The molecule has 0 atom stereocenters. The lowest BCUT2D eigenvalue weighted by atomic mass is 10.1. The third-order valence-electron chi connectivity index (χ3n) is 4.41. The number of amides is 1. The van der Waals surface area contributed by atoms with Crippen LogP contribution in [0.3, 0.4) is 0 Å². The van der Waals surface area contributed by atoms with E-state index in [0.717, 1.165) is 23.4 Å². The predicted molar refractivity (Wildman–Crippen MR) is 109 cm³/mol. The lowest BCUT2D eigenvalue weighted by Crippen LogP contribution is -2.12. The van der Waals surface area contributed by atoms with Gasteiger partial charge in [-0.25, -0.2) is 4.98 Å². The van der Waals surface area contributed by atoms with E-state index in [1.165, 1.54) is 37.2 Å². The Labute approximate surface area is 171 Å². The first kappa shape index (κ1) is 18.6. The number of nitrogens with one attached hydrogen (secondary N) is 1. The predicted octanol–water partition coefficient (Wildman–Crippen LogP) is 4.67. The Morgan fingerprint density at radius 3 is 2.89 bits per heavy atom. The number of carbonyl (C=O) groups excluding carboxylic acids is 1. The second kappa shape index (κ2) is 7.69. The van der Waals surface area contributed by atoms with Crippen molar-refractivity contribution < 1.29 is 19.0 Å². The number of halogens is 1. The van der Waals surface area contributed by atoms with Crippen molar-refractivity contribution in [1.29, 1.82) is 0 Å². The average Bonchev–Trinajstić information content (AvgIpc) is 3.35. The van der Waals surface area contributed by atoms with Gasteiger partial charge in [-0.1, -0.05) is 11.6 Å². The molecular formula is C20H17ClN2O4S. The highest BCUT2D eigenvalue weighted by molar-refractivity contribution is 7.14. The Bertz CT molecular complexity index is 1050. The zero-order valence-electron chi connectivity index (χ0n) is 15.2. The molecule has 1 aliphatic rings. The van der Waals surface area contributed by atoms with E-state index in [1.54, 1.807) is 6.07 Å². The Balaban J connectivity index is 1.54. The molecule has 0 saturated carbocycles. The van der Waals surface area contributed by atoms with Crippen molar-refractivity contribution in [2.24, 2.45) is 0 Å². The van der Waals surface area contributed by atoms with Crippen molar-refractivity contribution in [2.75, 3.05) is 26.1 Å². The van der Waals surface area contributed by atoms with Gasteiger partial charge in [0.2, 0.25) is 0 Å². The van der Waals surface area contributed by atoms with Crippen LogP contribution in [0, 0.1) is 0 Å². The van der Waals surface area contributed by atoms with Crippen LogP contribution in [-0.4, -0.2) is 31.7 Å². The van der Waals surface area contributed by atoms with Crippen molar-refractivity contribution in [3.8, 4) is 28.5 Å². The Morgan fingerprint density at radius 1 is 1.25 bits per heavy atom. The molecule has 1 aliphatic heterocycles. The van der Waals surface area contributed by atoms with Gasteiger partial charge in [-0.15, -0.1) is 11.3 Å². The first-order valence-electron chi connectivity index (χ1n) is 8.53. The molecule has 4 rings (SSSR count). The smallest absolute Gasteiger partial charge is 0.257 e. The zero-order chi connectivity index (χ0) is 19.7. The first-order valence-corrected chi connectivity index (χ1v) is 9.79. The van der Waals surface area contributed by atoms with Gasteiger partial charge in [0.15, 0.2) is 16.6 Å². The van der Waals surface area contributed by atoms with E-state index in [0.29, 0.717) is 33.8 Å². The van der Waals surface area contributed by atoms with Gasteiger partial charge in [-0.3, -0.25) is 10.1 Å². The van der Waals surface area contributed by atoms with Gasteiger partial charge in [0, 0.05) is 22.9 Å². The summed E-state index contributed by atoms with van der Waals surface area (Å²) in [5, 5.41) is 5.52. The van der Waals surface area contributed by atoms with Gasteiger partial charge in [0.25, 0.3) is 5.91 Å². The molecule has 8 heteroatoms. The second-order valence-corrected chi connectivity index (χ2v) is 7.37. The van der Waals surface area contributed by atoms with Crippen LogP contribution < -0.4 is 19.5 Å². The summed E-state index contributed by atoms with van der Waals surface area (Å²) in [6.45, 7) is 0.713. The summed E-state index contributed by atoms with van der Waals surface area (Å²) in [5.74, 6) is 1.38. The molecule has 6 nitrogen and oxygen atoms in total. The van der Waals surface area contributed by atoms with E-state index in [-0.39, 0.29) is 5.91 Å². The highest BCUT2D eigenvalue weighted by atomic mass is 35.5. The van der Waals surface area contributed by atoms with Crippen molar-refractivity contribution >= 4 is 34.0 Å². The van der Waals surface area contributed by atoms with Gasteiger partial charge in [-0.05, 0) is 35.9 Å². The average molecular weight is 417 g/mol. The highest BCUT2D eigenvalue weighted by Gasteiger charge is 2.17. The largest absolute Gasteiger partial charge is 0.493 e. The van der Waals surface area contributed by atoms with E-state index < -0.39 is 0 Å². The lowest BCUT2D eigenvalue weighted by Gasteiger charge is -2.11. The van der Waals surface area contributed by atoms with Crippen LogP contribution in [0.25, 0.3) is 11.3 Å². The minimum Gasteiger partial charge on any atom is -0.493 e. The molecular weight excluding hydrogens is 400 g/mol. The number of rotatable bonds is 5. The number of anilines is 1. The summed E-state index contributed by atoms with van der Waals surface area (Å²) >= 11 is 7.54. The van der Waals surface area contributed by atoms with Crippen LogP contribution in [0.15, 0.2) is 35.7 Å². The summed E-state index contributed by atoms with van der Waals surface area (Å²) in [6.07, 6.45) is 0.900. The third-order valence-corrected chi connectivity index (χ3v) is 5.44. The molecule has 2 aromatic carbocycles. The van der Waals surface area contributed by atoms with E-state index in [9.17, 15) is 4.79 Å². The monoisotopic (exact) mass is 416 g/mol. The summed E-state index contributed by atoms with van der Waals surface area (Å²) in [4.78, 5) is 17.1. The minimum atomic E-state index is -0.328. The van der Waals surface area contributed by atoms with Gasteiger partial charge < -0.3 is 14.2 Å². The fourth-order valence-electron chi connectivity index (χ4n) is 3.03. The maximum atomic E-state index is 12.6. The number of fused-ring (bicyclic) bond motifs is 1. The molecule has 0 radical (unpaired) electrons. The summed E-state index contributed by atoms with van der Waals surface area (Å²) in [5.41, 5.74) is 3.33. The molecule has 0 fully saturated rings. The zero-order valence-corrected chi connectivity index (χ0v) is 16.8. The fraction of sp³-hybridized carbons (Fsp3) is 0.200. The number of ether oxygens (including phenoxy) is 3. The molecule has 0 bridgehead atoms. The number of methoxy groups -OCH3 is 2. The summed E-state index contributed by atoms with van der Waals surface area (Å²) < 4.78 is 16.0. The second-order valence-electron chi connectivity index (χ2n) is 6.11. The van der Waals surface area contributed by atoms with Gasteiger partial charge in [0.1, 0.15) is 5.75 Å². The molecule has 1 aromatic heterocycles. The van der Waals surface area contributed by atoms with Gasteiger partial charge in [0.05, 0.1) is 31.5 Å². The normalized spacial score (nSPS) is 12.2. The molecule has 0 spiro atoms. The van der Waals surface area contributed by atoms with Crippen molar-refractivity contribution in [1.82, 2.24) is 4.98 Å². The summed E-state index contributed by atoms with van der Waals surface area (Å²) in [6, 6.07) is 9.12. The number of aromatic nitrogens is 1. The third kappa shape index (κ3) is 3.50. The maximum Gasteiger partial charge on any atom is 0.257 e. The van der Waals surface area contributed by atoms with E-state index >= 15 is 0 Å². The SMILES string of the molecule is COc1cc(C(=O)Nc2nc(-c3ccc4c(c3)CCO4)cs2)cc(Cl)c1OC. The number of carbonyl (C=O) groups is 1. The van der Waals surface area contributed by atoms with Gasteiger partial charge >= 0.3 is 0 Å². The van der Waals surface area contributed by atoms with Crippen LogP contribution >= 0.6 is 22.9 Å². The first-order chi connectivity index (χ1) is 13.6. The van der Waals surface area contributed by atoms with Gasteiger partial charge in [-0.2, -0.15) is 0 Å². The van der Waals surface area contributed by atoms with Crippen molar-refractivity contribution in [2.45, 2.75) is 6.42 Å². The van der Waals surface area contributed by atoms with Crippen molar-refractivity contribution in [3.05, 3.63) is 51.9 Å². The molecule has 1 N–H and O–H groups in total. The number of hydrogen-bond acceptors (Lipinski definition) is 6. The molecule has 28 heavy (non-hydrogen) atoms. The van der Waals surface area contributed by atoms with Crippen LogP contribution in [0.2, 0.25) is 5.02 Å².